The summed E-state index contributed by atoms with van der Waals surface area (Å²) in [5.74, 6) is -1.59. The molecule has 10 rings (SSSR count). The van der Waals surface area contributed by atoms with Crippen LogP contribution in [0, 0.1) is 34.3 Å². The fourth-order valence-electron chi connectivity index (χ4n) is 7.70. The van der Waals surface area contributed by atoms with Crippen LogP contribution >= 0.6 is 0 Å². The molecule has 0 radical (unpaired) electrons. The number of nitriles is 2. The number of ether oxygens (including phenoxy) is 2. The number of carbonyl (C=O) groups is 2. The number of pyridine rings is 2. The Kier molecular flexibility index (Phi) is 9.49. The number of hydrogen-bond acceptors (Lipinski definition) is 10. The second-order valence-corrected chi connectivity index (χ2v) is 14.0. The smallest absolute Gasteiger partial charge is 0.255 e. The van der Waals surface area contributed by atoms with Crippen LogP contribution in [0.2, 0.25) is 0 Å². The van der Waals surface area contributed by atoms with Gasteiger partial charge < -0.3 is 20.1 Å². The number of nitrogens with zero attached hydrogens (tertiary/aromatic N) is 8. The molecule has 2 amide bonds. The lowest BCUT2D eigenvalue weighted by molar-refractivity contribution is 0.0957. The molecule has 0 aliphatic carbocycles. The van der Waals surface area contributed by atoms with Crippen LogP contribution in [0.25, 0.3) is 33.9 Å². The first kappa shape index (κ1) is 36.5. The Balaban J connectivity index is 0.000000150. The number of halogens is 2. The quantitative estimate of drug-likeness (QED) is 0.201. The summed E-state index contributed by atoms with van der Waals surface area (Å²) in [6.07, 6.45) is 7.17. The van der Waals surface area contributed by atoms with Gasteiger partial charge in [-0.1, -0.05) is 12.1 Å². The largest absolute Gasteiger partial charge is 0.372 e. The zero-order chi connectivity index (χ0) is 39.9. The highest BCUT2D eigenvalue weighted by Gasteiger charge is 2.31. The Labute approximate surface area is 329 Å². The lowest BCUT2D eigenvalue weighted by Crippen LogP contribution is -2.14. The van der Waals surface area contributed by atoms with Gasteiger partial charge in [-0.2, -0.15) is 20.7 Å². The lowest BCUT2D eigenvalue weighted by atomic mass is 10.0. The minimum Gasteiger partial charge on any atom is -0.372 e. The number of aromatic nitrogens is 6. The van der Waals surface area contributed by atoms with Gasteiger partial charge in [-0.05, 0) is 74.2 Å². The molecule has 58 heavy (non-hydrogen) atoms. The molecule has 2 atom stereocenters. The van der Waals surface area contributed by atoms with E-state index in [4.69, 9.17) is 9.47 Å². The Morgan fingerprint density at radius 2 is 1.10 bits per heavy atom. The van der Waals surface area contributed by atoms with Gasteiger partial charge in [0.15, 0.2) is 0 Å². The molecule has 4 aromatic heterocycles. The molecule has 2 aromatic carbocycles. The maximum Gasteiger partial charge on any atom is 0.255 e. The average molecular weight is 779 g/mol. The van der Waals surface area contributed by atoms with Gasteiger partial charge >= 0.3 is 0 Å². The second kappa shape index (κ2) is 15.1. The van der Waals surface area contributed by atoms with Crippen molar-refractivity contribution >= 4 is 11.8 Å². The van der Waals surface area contributed by atoms with Crippen molar-refractivity contribution in [2.75, 3.05) is 13.2 Å². The maximum atomic E-state index is 14.6. The SMILES string of the molecule is N#Cc1cccc(F)c1-c1cc(-n2ccc(C3CCCO3)n2)c2c(n1)CNC2=O.N#Cc1cccc(F)c1-c1cc(-n2ccc([C@@H]3CCCO3)n2)c2c(n1)CNC2=O. The molecular weight excluding hydrogens is 747 g/mol. The molecule has 16 heteroatoms. The molecule has 2 saturated heterocycles. The van der Waals surface area contributed by atoms with Crippen molar-refractivity contribution in [2.24, 2.45) is 0 Å². The van der Waals surface area contributed by atoms with Gasteiger partial charge in [-0.3, -0.25) is 9.59 Å². The molecule has 2 N–H and O–H groups in total. The molecule has 288 valence electrons. The lowest BCUT2D eigenvalue weighted by Gasteiger charge is -2.12. The summed E-state index contributed by atoms with van der Waals surface area (Å²) in [7, 11) is 0. The van der Waals surface area contributed by atoms with E-state index in [1.54, 1.807) is 46.0 Å². The first-order valence-corrected chi connectivity index (χ1v) is 18.7. The van der Waals surface area contributed by atoms with Crippen molar-refractivity contribution in [3.05, 3.63) is 130 Å². The predicted octanol–water partition coefficient (Wildman–Crippen LogP) is 6.08. The highest BCUT2D eigenvalue weighted by Crippen LogP contribution is 2.35. The van der Waals surface area contributed by atoms with Crippen LogP contribution in [-0.4, -0.2) is 54.6 Å². The third kappa shape index (κ3) is 6.54. The Hall–Kier alpha value is -7.14. The van der Waals surface area contributed by atoms with Gasteiger partial charge in [0.2, 0.25) is 0 Å². The van der Waals surface area contributed by atoms with Crippen LogP contribution in [0.3, 0.4) is 0 Å². The van der Waals surface area contributed by atoms with Gasteiger partial charge in [0.1, 0.15) is 23.8 Å². The molecular formula is C42H32F2N10O4. The van der Waals surface area contributed by atoms with Crippen molar-refractivity contribution in [3.8, 4) is 46.0 Å². The standard InChI is InChI=1S/2C21H16FN5O2/c2*22-13-4-1-3-12(10-23)19(13)15-9-17(20-16(25-15)11-24-21(20)28)27-7-6-14(26-27)18-5-2-8-29-18/h2*1,3-4,6-7,9,18H,2,5,8,11H2,(H,24,28)/t18-;/m0./s1. The fourth-order valence-corrected chi connectivity index (χ4v) is 7.70. The summed E-state index contributed by atoms with van der Waals surface area (Å²) in [6.45, 7) is 1.90. The predicted molar refractivity (Wildman–Crippen MR) is 201 cm³/mol. The highest BCUT2D eigenvalue weighted by molar-refractivity contribution is 6.02. The third-order valence-corrected chi connectivity index (χ3v) is 10.4. The molecule has 2 fully saturated rings. The number of fused-ring (bicyclic) bond motifs is 2. The summed E-state index contributed by atoms with van der Waals surface area (Å²) < 4.78 is 43.7. The van der Waals surface area contributed by atoms with E-state index in [9.17, 15) is 28.9 Å². The van der Waals surface area contributed by atoms with Crippen molar-refractivity contribution < 1.29 is 27.8 Å². The maximum absolute atomic E-state index is 14.6. The van der Waals surface area contributed by atoms with Crippen LogP contribution in [-0.2, 0) is 22.6 Å². The molecule has 6 aromatic rings. The van der Waals surface area contributed by atoms with Gasteiger partial charge in [0.05, 0.1) is 104 Å². The number of nitrogens with one attached hydrogen (secondary N) is 2. The molecule has 4 aliphatic rings. The second-order valence-electron chi connectivity index (χ2n) is 14.0. The van der Waals surface area contributed by atoms with E-state index >= 15 is 0 Å². The normalized spacial score (nSPS) is 17.8. The summed E-state index contributed by atoms with van der Waals surface area (Å²) >= 11 is 0. The number of amides is 2. The molecule has 0 bridgehead atoms. The number of carbonyl (C=O) groups excluding carboxylic acids is 2. The van der Waals surface area contributed by atoms with Crippen LogP contribution < -0.4 is 10.6 Å². The first-order valence-electron chi connectivity index (χ1n) is 18.7. The minimum absolute atomic E-state index is 0.0591. The molecule has 1 unspecified atom stereocenters. The van der Waals surface area contributed by atoms with E-state index in [0.29, 0.717) is 58.5 Å². The zero-order valence-corrected chi connectivity index (χ0v) is 30.7. The van der Waals surface area contributed by atoms with Gasteiger partial charge in [-0.25, -0.2) is 28.1 Å². The molecule has 8 heterocycles. The summed E-state index contributed by atoms with van der Waals surface area (Å²) in [6, 6.07) is 19.6. The first-order chi connectivity index (χ1) is 28.3. The topological polar surface area (TPSA) is 186 Å². The van der Waals surface area contributed by atoms with E-state index in [-0.39, 0.29) is 59.4 Å². The molecule has 4 aliphatic heterocycles. The van der Waals surface area contributed by atoms with E-state index in [2.05, 4.69) is 30.8 Å². The Bertz CT molecular complexity index is 2530. The van der Waals surface area contributed by atoms with Crippen LogP contribution in [0.5, 0.6) is 0 Å². The number of benzene rings is 2. The van der Waals surface area contributed by atoms with Gasteiger partial charge in [0, 0.05) is 25.6 Å². The summed E-state index contributed by atoms with van der Waals surface area (Å²) in [5.41, 5.74) is 5.57. The number of rotatable bonds is 6. The van der Waals surface area contributed by atoms with Crippen LogP contribution in [0.1, 0.15) is 92.5 Å². The van der Waals surface area contributed by atoms with Gasteiger partial charge in [-0.15, -0.1) is 0 Å². The summed E-state index contributed by atoms with van der Waals surface area (Å²) in [5, 5.41) is 33.5. The zero-order valence-electron chi connectivity index (χ0n) is 30.7. The molecule has 0 saturated carbocycles. The van der Waals surface area contributed by atoms with E-state index in [0.717, 1.165) is 37.1 Å². The van der Waals surface area contributed by atoms with E-state index in [1.807, 2.05) is 24.3 Å². The van der Waals surface area contributed by atoms with Crippen molar-refractivity contribution in [1.29, 1.82) is 10.5 Å². The van der Waals surface area contributed by atoms with Crippen LogP contribution in [0.15, 0.2) is 73.1 Å². The minimum atomic E-state index is -0.541. The Morgan fingerprint density at radius 1 is 0.655 bits per heavy atom. The molecule has 0 spiro atoms. The number of hydrogen-bond donors (Lipinski definition) is 2. The fraction of sp³-hybridized carbons (Fsp3) is 0.238. The van der Waals surface area contributed by atoms with E-state index < -0.39 is 11.6 Å². The average Bonchev–Trinajstić information content (AvgIpc) is 4.09. The van der Waals surface area contributed by atoms with E-state index in [1.165, 1.54) is 24.3 Å². The van der Waals surface area contributed by atoms with Crippen molar-refractivity contribution in [2.45, 2.75) is 51.0 Å². The van der Waals surface area contributed by atoms with Crippen molar-refractivity contribution in [1.82, 2.24) is 40.2 Å². The monoisotopic (exact) mass is 778 g/mol. The van der Waals surface area contributed by atoms with Crippen LogP contribution in [0.4, 0.5) is 8.78 Å². The third-order valence-electron chi connectivity index (χ3n) is 10.4. The molecule has 14 nitrogen and oxygen atoms in total. The van der Waals surface area contributed by atoms with Gasteiger partial charge in [0.25, 0.3) is 11.8 Å². The highest BCUT2D eigenvalue weighted by atomic mass is 19.1. The summed E-state index contributed by atoms with van der Waals surface area (Å²) in [4.78, 5) is 33.8. The Morgan fingerprint density at radius 3 is 1.50 bits per heavy atom. The van der Waals surface area contributed by atoms with Crippen molar-refractivity contribution in [3.63, 3.8) is 0 Å².